The number of ether oxygens (including phenoxy) is 1. The van der Waals surface area contributed by atoms with Gasteiger partial charge in [-0.2, -0.15) is 4.98 Å². The number of fused-ring (bicyclic) bond motifs is 1. The number of amides is 1. The van der Waals surface area contributed by atoms with E-state index in [0.29, 0.717) is 27.9 Å². The van der Waals surface area contributed by atoms with Gasteiger partial charge in [-0.25, -0.2) is 0 Å². The van der Waals surface area contributed by atoms with E-state index in [9.17, 15) is 9.59 Å². The second-order valence-electron chi connectivity index (χ2n) is 6.17. The van der Waals surface area contributed by atoms with Crippen LogP contribution in [0.4, 0.5) is 5.95 Å². The zero-order chi connectivity index (χ0) is 19.7. The second kappa shape index (κ2) is 6.99. The van der Waals surface area contributed by atoms with Gasteiger partial charge in [0.25, 0.3) is 11.5 Å². The topological polar surface area (TPSA) is 102 Å². The summed E-state index contributed by atoms with van der Waals surface area (Å²) in [5, 5.41) is 10.6. The van der Waals surface area contributed by atoms with Crippen LogP contribution < -0.4 is 15.6 Å². The number of H-pyrrole nitrogens is 1. The molecule has 1 amide bonds. The lowest BCUT2D eigenvalue weighted by molar-refractivity contribution is 0.102. The molecule has 0 bridgehead atoms. The third-order valence-electron chi connectivity index (χ3n) is 4.41. The van der Waals surface area contributed by atoms with Crippen molar-refractivity contribution in [3.05, 3.63) is 70.6 Å². The molecule has 0 fully saturated rings. The van der Waals surface area contributed by atoms with Crippen molar-refractivity contribution in [3.8, 4) is 17.1 Å². The highest BCUT2D eigenvalue weighted by atomic mass is 16.5. The summed E-state index contributed by atoms with van der Waals surface area (Å²) in [6.07, 6.45) is 1.51. The predicted molar refractivity (Wildman–Crippen MR) is 106 cm³/mol. The molecule has 0 aliphatic heterocycles. The minimum Gasteiger partial charge on any atom is -0.496 e. The van der Waals surface area contributed by atoms with E-state index in [4.69, 9.17) is 4.74 Å². The highest BCUT2D eigenvalue weighted by Crippen LogP contribution is 2.27. The number of benzene rings is 2. The van der Waals surface area contributed by atoms with Gasteiger partial charge in [0.2, 0.25) is 5.95 Å². The maximum atomic E-state index is 12.8. The van der Waals surface area contributed by atoms with Crippen LogP contribution in [0.5, 0.6) is 5.75 Å². The molecule has 8 nitrogen and oxygen atoms in total. The van der Waals surface area contributed by atoms with Crippen LogP contribution >= 0.6 is 0 Å². The molecule has 0 spiro atoms. The lowest BCUT2D eigenvalue weighted by atomic mass is 10.1. The van der Waals surface area contributed by atoms with E-state index < -0.39 is 5.91 Å². The molecule has 0 saturated carbocycles. The number of hydrogen-bond donors (Lipinski definition) is 2. The number of carbonyl (C=O) groups excluding carboxylic acids is 1. The first-order valence-corrected chi connectivity index (χ1v) is 8.54. The molecule has 0 unspecified atom stereocenters. The Labute approximate surface area is 159 Å². The minimum absolute atomic E-state index is 0.129. The van der Waals surface area contributed by atoms with Gasteiger partial charge in [-0.1, -0.05) is 30.3 Å². The Bertz CT molecular complexity index is 1240. The van der Waals surface area contributed by atoms with E-state index in [1.807, 2.05) is 24.3 Å². The summed E-state index contributed by atoms with van der Waals surface area (Å²) < 4.78 is 6.71. The first kappa shape index (κ1) is 17.5. The van der Waals surface area contributed by atoms with E-state index in [0.717, 1.165) is 5.56 Å². The van der Waals surface area contributed by atoms with Crippen molar-refractivity contribution in [1.29, 1.82) is 0 Å². The Morgan fingerprint density at radius 3 is 2.61 bits per heavy atom. The molecule has 0 aliphatic rings. The first-order chi connectivity index (χ1) is 13.6. The molecule has 0 atom stereocenters. The fraction of sp³-hybridized carbons (Fsp3) is 0.100. The number of anilines is 1. The van der Waals surface area contributed by atoms with E-state index in [-0.39, 0.29) is 11.5 Å². The number of carbonyl (C=O) groups is 1. The van der Waals surface area contributed by atoms with Gasteiger partial charge in [0.05, 0.1) is 18.2 Å². The number of aromatic amines is 1. The van der Waals surface area contributed by atoms with Crippen molar-refractivity contribution < 1.29 is 9.53 Å². The van der Waals surface area contributed by atoms with Gasteiger partial charge in [-0.3, -0.25) is 20.0 Å². The number of hydrogen-bond acceptors (Lipinski definition) is 5. The summed E-state index contributed by atoms with van der Waals surface area (Å²) in [5.74, 6) is 0.833. The fourth-order valence-electron chi connectivity index (χ4n) is 3.04. The quantitative estimate of drug-likeness (QED) is 0.571. The fourth-order valence-corrected chi connectivity index (χ4v) is 3.04. The van der Waals surface area contributed by atoms with Gasteiger partial charge in [0.15, 0.2) is 5.82 Å². The Balaban J connectivity index is 1.67. The van der Waals surface area contributed by atoms with Crippen LogP contribution in [0.25, 0.3) is 22.2 Å². The molecule has 2 heterocycles. The van der Waals surface area contributed by atoms with Crippen LogP contribution in [0.1, 0.15) is 10.4 Å². The highest BCUT2D eigenvalue weighted by Gasteiger charge is 2.16. The highest BCUT2D eigenvalue weighted by molar-refractivity contribution is 6.12. The maximum absolute atomic E-state index is 12.8. The van der Waals surface area contributed by atoms with Crippen LogP contribution in [-0.4, -0.2) is 32.8 Å². The maximum Gasteiger partial charge on any atom is 0.260 e. The Kier molecular flexibility index (Phi) is 4.36. The van der Waals surface area contributed by atoms with Gasteiger partial charge >= 0.3 is 0 Å². The zero-order valence-electron chi connectivity index (χ0n) is 15.3. The van der Waals surface area contributed by atoms with Crippen molar-refractivity contribution in [2.75, 3.05) is 12.4 Å². The number of pyridine rings is 1. The first-order valence-electron chi connectivity index (χ1n) is 8.54. The van der Waals surface area contributed by atoms with Crippen molar-refractivity contribution in [1.82, 2.24) is 19.7 Å². The van der Waals surface area contributed by atoms with Crippen LogP contribution in [0.3, 0.4) is 0 Å². The van der Waals surface area contributed by atoms with Crippen LogP contribution in [-0.2, 0) is 7.05 Å². The molecule has 0 radical (unpaired) electrons. The molecular weight excluding hydrogens is 358 g/mol. The number of nitrogens with one attached hydrogen (secondary N) is 2. The van der Waals surface area contributed by atoms with Crippen LogP contribution in [0.15, 0.2) is 59.5 Å². The smallest absolute Gasteiger partial charge is 0.260 e. The number of para-hydroxylation sites is 1. The molecule has 28 heavy (non-hydrogen) atoms. The second-order valence-corrected chi connectivity index (χ2v) is 6.17. The lowest BCUT2D eigenvalue weighted by Crippen LogP contribution is -2.21. The van der Waals surface area contributed by atoms with Gasteiger partial charge in [-0.15, -0.1) is 5.10 Å². The van der Waals surface area contributed by atoms with Gasteiger partial charge in [-0.05, 0) is 18.2 Å². The SMILES string of the molecule is COc1ccccc1-c1nc(NC(=O)c2cn(C)c(=O)c3ccccc23)n[nH]1. The third kappa shape index (κ3) is 3.01. The summed E-state index contributed by atoms with van der Waals surface area (Å²) in [4.78, 5) is 29.4. The molecule has 8 heteroatoms. The number of nitrogens with zero attached hydrogens (tertiary/aromatic N) is 3. The molecule has 4 aromatic rings. The van der Waals surface area contributed by atoms with Crippen molar-refractivity contribution >= 4 is 22.6 Å². The third-order valence-corrected chi connectivity index (χ3v) is 4.41. The largest absolute Gasteiger partial charge is 0.496 e. The average Bonchev–Trinajstić information content (AvgIpc) is 3.18. The molecule has 0 saturated heterocycles. The van der Waals surface area contributed by atoms with Crippen LogP contribution in [0, 0.1) is 0 Å². The zero-order valence-corrected chi connectivity index (χ0v) is 15.3. The van der Waals surface area contributed by atoms with Crippen molar-refractivity contribution in [2.45, 2.75) is 0 Å². The summed E-state index contributed by atoms with van der Waals surface area (Å²) in [6, 6.07) is 14.3. The summed E-state index contributed by atoms with van der Waals surface area (Å²) in [5.41, 5.74) is 0.926. The van der Waals surface area contributed by atoms with E-state index in [2.05, 4.69) is 20.5 Å². The Hall–Kier alpha value is -3.94. The predicted octanol–water partition coefficient (Wildman–Crippen LogP) is 2.58. The number of methoxy groups -OCH3 is 1. The summed E-state index contributed by atoms with van der Waals surface area (Å²) in [7, 11) is 3.18. The molecule has 140 valence electrons. The van der Waals surface area contributed by atoms with E-state index >= 15 is 0 Å². The lowest BCUT2D eigenvalue weighted by Gasteiger charge is -2.08. The van der Waals surface area contributed by atoms with Gasteiger partial charge < -0.3 is 9.30 Å². The van der Waals surface area contributed by atoms with E-state index in [1.165, 1.54) is 10.8 Å². The Morgan fingerprint density at radius 1 is 1.11 bits per heavy atom. The number of rotatable bonds is 4. The number of aromatic nitrogens is 4. The Morgan fingerprint density at radius 2 is 1.82 bits per heavy atom. The van der Waals surface area contributed by atoms with Crippen molar-refractivity contribution in [3.63, 3.8) is 0 Å². The van der Waals surface area contributed by atoms with E-state index in [1.54, 1.807) is 38.4 Å². The monoisotopic (exact) mass is 375 g/mol. The standard InChI is InChI=1S/C20H17N5O3/c1-25-11-15(12-7-3-4-8-13(12)19(25)27)18(26)22-20-21-17(23-24-20)14-9-5-6-10-16(14)28-2/h3-11H,1-2H3,(H2,21,22,23,24,26). The average molecular weight is 375 g/mol. The molecule has 4 rings (SSSR count). The van der Waals surface area contributed by atoms with Crippen LogP contribution in [0.2, 0.25) is 0 Å². The molecule has 2 aromatic carbocycles. The summed E-state index contributed by atoms with van der Waals surface area (Å²) >= 11 is 0. The normalized spacial score (nSPS) is 10.8. The van der Waals surface area contributed by atoms with Gasteiger partial charge in [0, 0.05) is 24.0 Å². The van der Waals surface area contributed by atoms with Gasteiger partial charge in [0.1, 0.15) is 5.75 Å². The molecular formula is C20H17N5O3. The molecule has 2 aromatic heterocycles. The molecule has 0 aliphatic carbocycles. The van der Waals surface area contributed by atoms with Crippen molar-refractivity contribution in [2.24, 2.45) is 7.05 Å². The summed E-state index contributed by atoms with van der Waals surface area (Å²) in [6.45, 7) is 0. The number of aryl methyl sites for hydroxylation is 1. The minimum atomic E-state index is -0.405. The molecule has 2 N–H and O–H groups in total.